The molecule has 1 aliphatic heterocycles. The van der Waals surface area contributed by atoms with Crippen molar-refractivity contribution in [3.05, 3.63) is 22.5 Å². The van der Waals surface area contributed by atoms with E-state index < -0.39 is 32.3 Å². The van der Waals surface area contributed by atoms with Gasteiger partial charge in [0, 0.05) is 0 Å². The third kappa shape index (κ3) is 9.69. The number of aromatic nitrogens is 2. The number of hydrogen-bond donors (Lipinski definition) is 2. The minimum absolute atomic E-state index is 0.484. The predicted molar refractivity (Wildman–Crippen MR) is 286 cm³/mol. The van der Waals surface area contributed by atoms with Crippen molar-refractivity contribution in [3.63, 3.8) is 0 Å². The highest BCUT2D eigenvalue weighted by Crippen LogP contribution is 2.47. The molecule has 4 nitrogen and oxygen atoms in total. The van der Waals surface area contributed by atoms with Gasteiger partial charge in [0.25, 0.3) is 0 Å². The van der Waals surface area contributed by atoms with Crippen LogP contribution in [0.1, 0.15) is 189 Å². The highest BCUT2D eigenvalue weighted by molar-refractivity contribution is 8.02. The lowest BCUT2D eigenvalue weighted by Gasteiger charge is -2.38. The van der Waals surface area contributed by atoms with Crippen molar-refractivity contribution in [1.82, 2.24) is 9.97 Å². The van der Waals surface area contributed by atoms with Crippen molar-refractivity contribution in [1.29, 1.82) is 0 Å². The molecule has 0 atom stereocenters. The molecule has 2 heterocycles. The van der Waals surface area contributed by atoms with Crippen LogP contribution in [-0.2, 0) is 0 Å². The largest absolute Gasteiger partial charge is 0.309 e. The summed E-state index contributed by atoms with van der Waals surface area (Å²) in [7, 11) is -8.50. The van der Waals surface area contributed by atoms with Crippen molar-refractivity contribution < 1.29 is 0 Å². The molecule has 0 bridgehead atoms. The standard InChI is InChI=1S/C52H86N4SSi4/c1-33(2)58(34(3)4,35(5)6)29-25-45-49-50(46(52-51(45)55-57-56-52)26-30-59(36(7)8,37(9)10)38(11)12)54-48(28-32-61(42(19)20,43(21)22)44(23)24)47(53-49)27-31-60(39(13)14,40(15)16)41(17)18/h33-44,55-56H,1-24H3. The lowest BCUT2D eigenvalue weighted by atomic mass is 10.0. The molecule has 0 unspecified atom stereocenters. The normalized spacial score (nSPS) is 13.7. The lowest BCUT2D eigenvalue weighted by Crippen LogP contribution is -2.43. The summed E-state index contributed by atoms with van der Waals surface area (Å²) >= 11 is 1.49. The van der Waals surface area contributed by atoms with Crippen LogP contribution in [0.15, 0.2) is 0 Å². The first-order valence-corrected chi connectivity index (χ1v) is 33.6. The Morgan fingerprint density at radius 1 is 0.328 bits per heavy atom. The Morgan fingerprint density at radius 2 is 0.525 bits per heavy atom. The van der Waals surface area contributed by atoms with Crippen LogP contribution < -0.4 is 9.44 Å². The molecule has 61 heavy (non-hydrogen) atoms. The molecule has 0 saturated carbocycles. The van der Waals surface area contributed by atoms with Crippen LogP contribution in [0.25, 0.3) is 11.0 Å². The fraction of sp³-hybridized carbons (Fsp3) is 0.692. The summed E-state index contributed by atoms with van der Waals surface area (Å²) < 4.78 is 7.30. The zero-order valence-electron chi connectivity index (χ0n) is 43.2. The van der Waals surface area contributed by atoms with E-state index >= 15 is 0 Å². The number of benzene rings is 1. The van der Waals surface area contributed by atoms with Gasteiger partial charge >= 0.3 is 0 Å². The maximum atomic E-state index is 5.69. The molecular formula is C52H86N4SSi4. The predicted octanol–water partition coefficient (Wildman–Crippen LogP) is 16.3. The highest BCUT2D eigenvalue weighted by atomic mass is 32.2. The Bertz CT molecular complexity index is 1900. The second-order valence-corrected chi connectivity index (χ2v) is 44.9. The summed E-state index contributed by atoms with van der Waals surface area (Å²) in [5.74, 6) is 15.4. The average molecular weight is 912 g/mol. The van der Waals surface area contributed by atoms with Gasteiger partial charge in [-0.1, -0.05) is 190 Å². The van der Waals surface area contributed by atoms with Crippen molar-refractivity contribution in [2.75, 3.05) is 9.44 Å². The fourth-order valence-electron chi connectivity index (χ4n) is 12.4. The van der Waals surface area contributed by atoms with Crippen LogP contribution in [0.2, 0.25) is 66.5 Å². The molecule has 3 rings (SSSR count). The van der Waals surface area contributed by atoms with Gasteiger partial charge in [-0.05, 0) is 66.5 Å². The van der Waals surface area contributed by atoms with E-state index in [-0.39, 0.29) is 0 Å². The molecule has 0 spiro atoms. The number of nitrogens with one attached hydrogen (secondary N) is 2. The van der Waals surface area contributed by atoms with Gasteiger partial charge in [-0.2, -0.15) is 0 Å². The molecule has 1 aliphatic rings. The summed E-state index contributed by atoms with van der Waals surface area (Å²) in [5, 5.41) is 0. The molecule has 1 aromatic heterocycles. The molecule has 0 fully saturated rings. The van der Waals surface area contributed by atoms with Crippen molar-refractivity contribution >= 4 is 66.8 Å². The van der Waals surface area contributed by atoms with Crippen LogP contribution in [0, 0.1) is 45.9 Å². The smallest absolute Gasteiger partial charge is 0.147 e. The summed E-state index contributed by atoms with van der Waals surface area (Å²) in [6, 6.07) is 0. The van der Waals surface area contributed by atoms with Crippen LogP contribution >= 0.6 is 12.1 Å². The second kappa shape index (κ2) is 20.6. The summed E-state index contributed by atoms with van der Waals surface area (Å²) in [6.07, 6.45) is 0. The van der Waals surface area contributed by atoms with Crippen LogP contribution in [0.5, 0.6) is 0 Å². The van der Waals surface area contributed by atoms with Crippen LogP contribution in [0.3, 0.4) is 0 Å². The Morgan fingerprint density at radius 3 is 0.721 bits per heavy atom. The van der Waals surface area contributed by atoms with Gasteiger partial charge in [-0.3, -0.25) is 0 Å². The third-order valence-electron chi connectivity index (χ3n) is 15.5. The molecule has 336 valence electrons. The molecule has 2 N–H and O–H groups in total. The zero-order valence-corrected chi connectivity index (χ0v) is 48.0. The molecular weight excluding hydrogens is 825 g/mol. The highest BCUT2D eigenvalue weighted by Gasteiger charge is 2.45. The van der Waals surface area contributed by atoms with E-state index in [4.69, 9.17) is 9.97 Å². The van der Waals surface area contributed by atoms with Gasteiger partial charge in [-0.15, -0.1) is 22.2 Å². The lowest BCUT2D eigenvalue weighted by molar-refractivity contribution is 0.838. The van der Waals surface area contributed by atoms with E-state index in [1.807, 2.05) is 0 Å². The van der Waals surface area contributed by atoms with E-state index in [0.717, 1.165) is 33.5 Å². The second-order valence-electron chi connectivity index (χ2n) is 22.0. The summed E-state index contributed by atoms with van der Waals surface area (Å²) in [6.45, 7) is 57.1. The minimum atomic E-state index is -2.13. The van der Waals surface area contributed by atoms with Gasteiger partial charge in [-0.25, -0.2) is 9.97 Å². The Labute approximate surface area is 385 Å². The topological polar surface area (TPSA) is 49.8 Å². The maximum Gasteiger partial charge on any atom is 0.147 e. The van der Waals surface area contributed by atoms with E-state index in [1.54, 1.807) is 0 Å². The Kier molecular flexibility index (Phi) is 17.9. The number of rotatable bonds is 12. The third-order valence-corrected chi connectivity index (χ3v) is 41.3. The van der Waals surface area contributed by atoms with Gasteiger partial charge in [0.1, 0.15) is 54.7 Å². The number of nitrogens with zero attached hydrogens (tertiary/aromatic N) is 2. The SMILES string of the molecule is CC(C)[Si](C#Cc1nc2c(C#C[Si](C(C)C)(C(C)C)C(C)C)c3c(c(C#C[Si](C(C)C)(C(C)C)C(C)C)c2nc1C#C[Si](C(C)C)(C(C)C)C(C)C)NSN3)(C(C)C)C(C)C. The minimum Gasteiger partial charge on any atom is -0.309 e. The van der Waals surface area contributed by atoms with Gasteiger partial charge in [0.15, 0.2) is 0 Å². The molecule has 9 heteroatoms. The number of hydrogen-bond acceptors (Lipinski definition) is 5. The van der Waals surface area contributed by atoms with E-state index in [2.05, 4.69) is 221 Å². The molecule has 0 saturated heterocycles. The van der Waals surface area contributed by atoms with Crippen LogP contribution in [-0.4, -0.2) is 42.3 Å². The van der Waals surface area contributed by atoms with Crippen molar-refractivity contribution in [3.8, 4) is 45.9 Å². The van der Waals surface area contributed by atoms with Gasteiger partial charge in [0.05, 0.1) is 34.6 Å². The van der Waals surface area contributed by atoms with Gasteiger partial charge < -0.3 is 9.44 Å². The first-order chi connectivity index (χ1) is 28.2. The molecule has 2 aromatic rings. The molecule has 1 aromatic carbocycles. The van der Waals surface area contributed by atoms with E-state index in [1.165, 1.54) is 12.1 Å². The van der Waals surface area contributed by atoms with Crippen molar-refractivity contribution in [2.45, 2.75) is 233 Å². The number of anilines is 2. The van der Waals surface area contributed by atoms with Crippen LogP contribution in [0.4, 0.5) is 11.4 Å². The summed E-state index contributed by atoms with van der Waals surface area (Å²) in [5.41, 5.74) is 28.8. The zero-order chi connectivity index (χ0) is 46.7. The Hall–Kier alpha value is -2.38. The first kappa shape index (κ1) is 53.0. The maximum absolute atomic E-state index is 5.69. The fourth-order valence-corrected chi connectivity index (χ4v) is 33.9. The molecule has 0 radical (unpaired) electrons. The van der Waals surface area contributed by atoms with E-state index in [0.29, 0.717) is 77.9 Å². The first-order valence-electron chi connectivity index (χ1n) is 23.9. The average Bonchev–Trinajstić information content (AvgIpc) is 3.61. The van der Waals surface area contributed by atoms with Gasteiger partial charge in [0.2, 0.25) is 0 Å². The monoisotopic (exact) mass is 911 g/mol. The molecule has 0 amide bonds. The molecule has 0 aliphatic carbocycles. The quantitative estimate of drug-likeness (QED) is 0.126. The van der Waals surface area contributed by atoms with Crippen molar-refractivity contribution in [2.24, 2.45) is 0 Å². The Balaban J connectivity index is 2.86. The summed E-state index contributed by atoms with van der Waals surface area (Å²) in [4.78, 5) is 11.4. The number of fused-ring (bicyclic) bond motifs is 2. The van der Waals surface area contributed by atoms with E-state index in [9.17, 15) is 0 Å².